The summed E-state index contributed by atoms with van der Waals surface area (Å²) in [5.74, 6) is -0.519. The van der Waals surface area contributed by atoms with Gasteiger partial charge < -0.3 is 4.74 Å². The minimum Gasteiger partial charge on any atom is -0.496 e. The van der Waals surface area contributed by atoms with Crippen LogP contribution >= 0.6 is 23.8 Å². The van der Waals surface area contributed by atoms with Crippen LogP contribution < -0.4 is 20.9 Å². The summed E-state index contributed by atoms with van der Waals surface area (Å²) in [5.41, 5.74) is 5.44. The van der Waals surface area contributed by atoms with Gasteiger partial charge in [0, 0.05) is 0 Å². The van der Waals surface area contributed by atoms with Gasteiger partial charge in [-0.1, -0.05) is 35.9 Å². The molecule has 0 aliphatic carbocycles. The third kappa shape index (κ3) is 4.43. The van der Waals surface area contributed by atoms with E-state index < -0.39 is 11.8 Å². The van der Waals surface area contributed by atoms with Gasteiger partial charge in [-0.2, -0.15) is 0 Å². The Hall–Kier alpha value is -2.64. The minimum absolute atomic E-state index is 0.0665. The van der Waals surface area contributed by atoms with Crippen molar-refractivity contribution in [2.45, 2.75) is 0 Å². The van der Waals surface area contributed by atoms with Crippen LogP contribution in [0.2, 0.25) is 5.02 Å². The van der Waals surface area contributed by atoms with Crippen LogP contribution in [-0.4, -0.2) is 24.0 Å². The number of nitrogens with one attached hydrogen (secondary N) is 3. The Labute approximate surface area is 149 Å². The maximum Gasteiger partial charge on any atom is 0.273 e. The van der Waals surface area contributed by atoms with Gasteiger partial charge in [0.2, 0.25) is 0 Å². The molecule has 24 heavy (non-hydrogen) atoms. The molecule has 2 aromatic carbocycles. The average Bonchev–Trinajstić information content (AvgIpc) is 2.59. The van der Waals surface area contributed by atoms with E-state index in [1.54, 1.807) is 48.5 Å². The van der Waals surface area contributed by atoms with Crippen LogP contribution in [0.25, 0.3) is 0 Å². The Morgan fingerprint density at radius 2 is 1.58 bits per heavy atom. The first-order chi connectivity index (χ1) is 11.5. The molecule has 8 heteroatoms. The second-order valence-corrected chi connectivity index (χ2v) is 5.36. The van der Waals surface area contributed by atoms with E-state index in [1.165, 1.54) is 7.11 Å². The SMILES string of the molecule is COc1ccccc1C(=O)NNC(=S)NC(=O)c1ccccc1Cl. The van der Waals surface area contributed by atoms with E-state index in [0.717, 1.165) is 0 Å². The molecule has 0 fully saturated rings. The zero-order valence-electron chi connectivity index (χ0n) is 12.6. The monoisotopic (exact) mass is 363 g/mol. The Morgan fingerprint density at radius 1 is 0.958 bits per heavy atom. The summed E-state index contributed by atoms with van der Waals surface area (Å²) in [6.07, 6.45) is 0. The maximum absolute atomic E-state index is 12.1. The van der Waals surface area contributed by atoms with Crippen LogP contribution in [0.3, 0.4) is 0 Å². The number of hydrogen-bond acceptors (Lipinski definition) is 4. The normalized spacial score (nSPS) is 9.75. The van der Waals surface area contributed by atoms with Crippen LogP contribution in [-0.2, 0) is 0 Å². The second kappa shape index (κ2) is 8.28. The fourth-order valence-electron chi connectivity index (χ4n) is 1.86. The van der Waals surface area contributed by atoms with E-state index in [4.69, 9.17) is 28.6 Å². The number of hydrazine groups is 1. The van der Waals surface area contributed by atoms with E-state index in [9.17, 15) is 9.59 Å². The van der Waals surface area contributed by atoms with Crippen molar-refractivity contribution in [2.75, 3.05) is 7.11 Å². The summed E-state index contributed by atoms with van der Waals surface area (Å²) < 4.78 is 5.10. The summed E-state index contributed by atoms with van der Waals surface area (Å²) in [6.45, 7) is 0. The molecule has 0 bridgehead atoms. The maximum atomic E-state index is 12.1. The molecule has 2 rings (SSSR count). The highest BCUT2D eigenvalue weighted by molar-refractivity contribution is 7.80. The van der Waals surface area contributed by atoms with Crippen LogP contribution in [0, 0.1) is 0 Å². The standard InChI is InChI=1S/C16H14ClN3O3S/c1-23-13-9-5-3-7-11(13)15(22)19-20-16(24)18-14(21)10-6-2-4-8-12(10)17/h2-9H,1H3,(H,19,22)(H2,18,20,21,24). The van der Waals surface area contributed by atoms with Crippen molar-refractivity contribution < 1.29 is 14.3 Å². The van der Waals surface area contributed by atoms with Crippen LogP contribution in [0.5, 0.6) is 5.75 Å². The van der Waals surface area contributed by atoms with Gasteiger partial charge in [-0.05, 0) is 36.5 Å². The fraction of sp³-hybridized carbons (Fsp3) is 0.0625. The number of carbonyl (C=O) groups excluding carboxylic acids is 2. The van der Waals surface area contributed by atoms with Gasteiger partial charge in [0.05, 0.1) is 23.3 Å². The molecule has 0 radical (unpaired) electrons. The van der Waals surface area contributed by atoms with Crippen molar-refractivity contribution in [3.05, 3.63) is 64.7 Å². The van der Waals surface area contributed by atoms with Crippen LogP contribution in [0.4, 0.5) is 0 Å². The number of rotatable bonds is 3. The first-order valence-electron chi connectivity index (χ1n) is 6.82. The Kier molecular flexibility index (Phi) is 6.11. The lowest BCUT2D eigenvalue weighted by atomic mass is 10.2. The molecule has 0 unspecified atom stereocenters. The van der Waals surface area contributed by atoms with Gasteiger partial charge in [-0.3, -0.25) is 25.8 Å². The van der Waals surface area contributed by atoms with Gasteiger partial charge in [-0.15, -0.1) is 0 Å². The number of ether oxygens (including phenoxy) is 1. The van der Waals surface area contributed by atoms with Gasteiger partial charge in [0.1, 0.15) is 5.75 Å². The third-order valence-electron chi connectivity index (χ3n) is 2.99. The lowest BCUT2D eigenvalue weighted by molar-refractivity contribution is 0.0932. The van der Waals surface area contributed by atoms with E-state index in [-0.39, 0.29) is 10.7 Å². The van der Waals surface area contributed by atoms with E-state index in [1.807, 2.05) is 0 Å². The van der Waals surface area contributed by atoms with Crippen molar-refractivity contribution in [1.29, 1.82) is 0 Å². The van der Waals surface area contributed by atoms with E-state index in [0.29, 0.717) is 16.3 Å². The van der Waals surface area contributed by atoms with Crippen LogP contribution in [0.15, 0.2) is 48.5 Å². The number of carbonyl (C=O) groups is 2. The zero-order valence-corrected chi connectivity index (χ0v) is 14.2. The van der Waals surface area contributed by atoms with Crippen molar-refractivity contribution in [3.8, 4) is 5.75 Å². The molecule has 2 aromatic rings. The molecule has 3 N–H and O–H groups in total. The summed E-state index contributed by atoms with van der Waals surface area (Å²) >= 11 is 10.9. The predicted molar refractivity (Wildman–Crippen MR) is 95.1 cm³/mol. The molecule has 0 spiro atoms. The summed E-state index contributed by atoms with van der Waals surface area (Å²) in [4.78, 5) is 24.1. The number of halogens is 1. The Balaban J connectivity index is 1.92. The summed E-state index contributed by atoms with van der Waals surface area (Å²) in [7, 11) is 1.47. The number of hydrogen-bond donors (Lipinski definition) is 3. The number of benzene rings is 2. The lowest BCUT2D eigenvalue weighted by Crippen LogP contribution is -2.48. The van der Waals surface area contributed by atoms with E-state index >= 15 is 0 Å². The molecule has 0 aliphatic heterocycles. The molecule has 0 atom stereocenters. The van der Waals surface area contributed by atoms with Crippen molar-refractivity contribution in [3.63, 3.8) is 0 Å². The highest BCUT2D eigenvalue weighted by Gasteiger charge is 2.13. The minimum atomic E-state index is -0.482. The third-order valence-corrected chi connectivity index (χ3v) is 3.52. The number of thiocarbonyl (C=S) groups is 1. The fourth-order valence-corrected chi connectivity index (χ4v) is 2.23. The topological polar surface area (TPSA) is 79.5 Å². The molecule has 0 heterocycles. The molecule has 0 aromatic heterocycles. The van der Waals surface area contributed by atoms with E-state index in [2.05, 4.69) is 16.2 Å². The quantitative estimate of drug-likeness (QED) is 0.576. The van der Waals surface area contributed by atoms with Gasteiger partial charge in [-0.25, -0.2) is 0 Å². The van der Waals surface area contributed by atoms with Gasteiger partial charge >= 0.3 is 0 Å². The molecular formula is C16H14ClN3O3S. The highest BCUT2D eigenvalue weighted by atomic mass is 35.5. The second-order valence-electron chi connectivity index (χ2n) is 4.54. The van der Waals surface area contributed by atoms with Crippen molar-refractivity contribution in [1.82, 2.24) is 16.2 Å². The molecule has 2 amide bonds. The van der Waals surface area contributed by atoms with Gasteiger partial charge in [0.25, 0.3) is 11.8 Å². The highest BCUT2D eigenvalue weighted by Crippen LogP contribution is 2.16. The molecule has 124 valence electrons. The van der Waals surface area contributed by atoms with Crippen LogP contribution in [0.1, 0.15) is 20.7 Å². The van der Waals surface area contributed by atoms with Crippen molar-refractivity contribution in [2.24, 2.45) is 0 Å². The zero-order chi connectivity index (χ0) is 17.5. The van der Waals surface area contributed by atoms with Gasteiger partial charge in [0.15, 0.2) is 5.11 Å². The predicted octanol–water partition coefficient (Wildman–Crippen LogP) is 2.30. The Bertz CT molecular complexity index is 783. The Morgan fingerprint density at radius 3 is 2.25 bits per heavy atom. The molecule has 0 aliphatic rings. The first-order valence-corrected chi connectivity index (χ1v) is 7.60. The summed E-state index contributed by atoms with van der Waals surface area (Å²) in [5, 5.41) is 2.66. The summed E-state index contributed by atoms with van der Waals surface area (Å²) in [6, 6.07) is 13.3. The molecular weight excluding hydrogens is 350 g/mol. The lowest BCUT2D eigenvalue weighted by Gasteiger charge is -2.12. The largest absolute Gasteiger partial charge is 0.496 e. The molecule has 0 saturated heterocycles. The smallest absolute Gasteiger partial charge is 0.273 e. The molecule has 6 nitrogen and oxygen atoms in total. The first kappa shape index (κ1) is 17.7. The number of amides is 2. The number of para-hydroxylation sites is 1. The number of methoxy groups -OCH3 is 1. The van der Waals surface area contributed by atoms with Crippen molar-refractivity contribution >= 4 is 40.7 Å². The molecule has 0 saturated carbocycles. The average molecular weight is 364 g/mol.